The predicted octanol–water partition coefficient (Wildman–Crippen LogP) is 2.83. The zero-order valence-electron chi connectivity index (χ0n) is 14.2. The van der Waals surface area contributed by atoms with Crippen molar-refractivity contribution in [3.63, 3.8) is 0 Å². The van der Waals surface area contributed by atoms with Gasteiger partial charge in [0, 0.05) is 0 Å². The van der Waals surface area contributed by atoms with Crippen LogP contribution in [-0.2, 0) is 11.3 Å². The van der Waals surface area contributed by atoms with Crippen molar-refractivity contribution < 1.29 is 14.0 Å². The number of amides is 3. The van der Waals surface area contributed by atoms with Crippen molar-refractivity contribution in [1.29, 1.82) is 0 Å². The van der Waals surface area contributed by atoms with E-state index in [0.29, 0.717) is 18.2 Å². The molecule has 0 unspecified atom stereocenters. The Balaban J connectivity index is 1.46. The van der Waals surface area contributed by atoms with Crippen molar-refractivity contribution in [2.75, 3.05) is 6.54 Å². The summed E-state index contributed by atoms with van der Waals surface area (Å²) in [6.45, 7) is 2.44. The van der Waals surface area contributed by atoms with Crippen molar-refractivity contribution in [2.45, 2.75) is 38.3 Å². The number of fused-ring (bicyclic) bond motifs is 1. The van der Waals surface area contributed by atoms with Gasteiger partial charge in [0.15, 0.2) is 0 Å². The molecule has 6 heteroatoms. The minimum atomic E-state index is -0.331. The van der Waals surface area contributed by atoms with E-state index in [1.54, 1.807) is 18.4 Å². The van der Waals surface area contributed by atoms with Crippen LogP contribution in [0.3, 0.4) is 0 Å². The minimum absolute atomic E-state index is 0.0152. The molecule has 6 nitrogen and oxygen atoms in total. The molecule has 0 radical (unpaired) electrons. The van der Waals surface area contributed by atoms with Crippen molar-refractivity contribution in [2.24, 2.45) is 0 Å². The zero-order valence-corrected chi connectivity index (χ0v) is 14.2. The number of carbonyl (C=O) groups is 2. The molecule has 2 atom stereocenters. The first-order valence-electron chi connectivity index (χ1n) is 8.55. The Hall–Kier alpha value is -2.76. The van der Waals surface area contributed by atoms with Gasteiger partial charge in [-0.05, 0) is 42.0 Å². The third kappa shape index (κ3) is 4.41. The first-order valence-corrected chi connectivity index (χ1v) is 8.55. The van der Waals surface area contributed by atoms with Crippen LogP contribution in [0, 0.1) is 0 Å². The second kappa shape index (κ2) is 7.88. The number of rotatable bonds is 5. The number of benzene rings is 1. The maximum Gasteiger partial charge on any atom is 0.315 e. The topological polar surface area (TPSA) is 83.4 Å². The molecule has 1 aromatic carbocycles. The molecule has 0 spiro atoms. The SMILES string of the molecule is C[C@H]1CC[C@@H](NC(=O)NCC(=O)NCc2ccco2)c2ccccc21. The fraction of sp³-hybridized carbons (Fsp3) is 0.368. The van der Waals surface area contributed by atoms with Crippen LogP contribution >= 0.6 is 0 Å². The Kier molecular flexibility index (Phi) is 5.38. The maximum absolute atomic E-state index is 12.1. The molecule has 3 N–H and O–H groups in total. The summed E-state index contributed by atoms with van der Waals surface area (Å²) in [6, 6.07) is 11.4. The van der Waals surface area contributed by atoms with Crippen molar-refractivity contribution >= 4 is 11.9 Å². The Morgan fingerprint density at radius 1 is 1.08 bits per heavy atom. The summed E-state index contributed by atoms with van der Waals surface area (Å²) >= 11 is 0. The highest BCUT2D eigenvalue weighted by molar-refractivity contribution is 5.84. The molecule has 2 aromatic rings. The van der Waals surface area contributed by atoms with Crippen molar-refractivity contribution in [1.82, 2.24) is 16.0 Å². The van der Waals surface area contributed by atoms with Crippen LogP contribution in [0.4, 0.5) is 4.79 Å². The molecule has 1 aliphatic rings. The van der Waals surface area contributed by atoms with Crippen LogP contribution in [0.5, 0.6) is 0 Å². The van der Waals surface area contributed by atoms with Gasteiger partial charge in [-0.3, -0.25) is 4.79 Å². The van der Waals surface area contributed by atoms with E-state index in [0.717, 1.165) is 12.8 Å². The highest BCUT2D eigenvalue weighted by Crippen LogP contribution is 2.36. The van der Waals surface area contributed by atoms with E-state index in [-0.39, 0.29) is 24.5 Å². The lowest BCUT2D eigenvalue weighted by atomic mass is 9.81. The molecule has 0 bridgehead atoms. The van der Waals surface area contributed by atoms with E-state index in [4.69, 9.17) is 4.42 Å². The van der Waals surface area contributed by atoms with Gasteiger partial charge in [0.1, 0.15) is 5.76 Å². The van der Waals surface area contributed by atoms with E-state index in [9.17, 15) is 9.59 Å². The molecule has 0 aliphatic heterocycles. The number of carbonyl (C=O) groups excluding carboxylic acids is 2. The summed E-state index contributed by atoms with van der Waals surface area (Å²) in [4.78, 5) is 23.9. The van der Waals surface area contributed by atoms with Crippen LogP contribution < -0.4 is 16.0 Å². The fourth-order valence-corrected chi connectivity index (χ4v) is 3.19. The molecule has 0 saturated heterocycles. The number of urea groups is 1. The summed E-state index contributed by atoms with van der Waals surface area (Å²) < 4.78 is 5.14. The molecule has 1 aromatic heterocycles. The van der Waals surface area contributed by atoms with Gasteiger partial charge in [0.05, 0.1) is 25.4 Å². The summed E-state index contributed by atoms with van der Waals surface area (Å²) in [7, 11) is 0. The number of hydrogen-bond donors (Lipinski definition) is 3. The van der Waals surface area contributed by atoms with Gasteiger partial charge >= 0.3 is 6.03 Å². The second-order valence-corrected chi connectivity index (χ2v) is 6.34. The monoisotopic (exact) mass is 341 g/mol. The average Bonchev–Trinajstić information content (AvgIpc) is 3.14. The first-order chi connectivity index (χ1) is 12.1. The largest absolute Gasteiger partial charge is 0.467 e. The summed E-state index contributed by atoms with van der Waals surface area (Å²) in [5.74, 6) is 0.916. The van der Waals surface area contributed by atoms with E-state index >= 15 is 0 Å². The lowest BCUT2D eigenvalue weighted by molar-refractivity contribution is -0.120. The smallest absolute Gasteiger partial charge is 0.315 e. The molecular formula is C19H23N3O3. The first kappa shape index (κ1) is 17.1. The maximum atomic E-state index is 12.1. The van der Waals surface area contributed by atoms with Crippen LogP contribution in [-0.4, -0.2) is 18.5 Å². The lowest BCUT2D eigenvalue weighted by Gasteiger charge is -2.30. The Labute approximate surface area is 147 Å². The van der Waals surface area contributed by atoms with Gasteiger partial charge < -0.3 is 20.4 Å². The van der Waals surface area contributed by atoms with Crippen LogP contribution in [0.25, 0.3) is 0 Å². The average molecular weight is 341 g/mol. The third-order valence-electron chi connectivity index (χ3n) is 4.55. The zero-order chi connectivity index (χ0) is 17.6. The second-order valence-electron chi connectivity index (χ2n) is 6.34. The van der Waals surface area contributed by atoms with Gasteiger partial charge in [0.25, 0.3) is 0 Å². The summed E-state index contributed by atoms with van der Waals surface area (Å²) in [5, 5.41) is 8.27. The van der Waals surface area contributed by atoms with E-state index in [1.165, 1.54) is 11.1 Å². The van der Waals surface area contributed by atoms with Crippen LogP contribution in [0.2, 0.25) is 0 Å². The van der Waals surface area contributed by atoms with Gasteiger partial charge in [-0.1, -0.05) is 31.2 Å². The van der Waals surface area contributed by atoms with Gasteiger partial charge in [0.2, 0.25) is 5.91 Å². The highest BCUT2D eigenvalue weighted by atomic mass is 16.3. The van der Waals surface area contributed by atoms with Gasteiger partial charge in [-0.2, -0.15) is 0 Å². The van der Waals surface area contributed by atoms with E-state index in [2.05, 4.69) is 35.0 Å². The molecule has 0 saturated carbocycles. The summed E-state index contributed by atoms with van der Waals surface area (Å²) in [5.41, 5.74) is 2.45. The number of nitrogens with one attached hydrogen (secondary N) is 3. The quantitative estimate of drug-likeness (QED) is 0.782. The number of furan rings is 1. The van der Waals surface area contributed by atoms with Crippen molar-refractivity contribution in [3.8, 4) is 0 Å². The molecule has 3 rings (SSSR count). The fourth-order valence-electron chi connectivity index (χ4n) is 3.19. The molecular weight excluding hydrogens is 318 g/mol. The summed E-state index contributed by atoms with van der Waals surface area (Å²) in [6.07, 6.45) is 3.48. The van der Waals surface area contributed by atoms with Gasteiger partial charge in [-0.15, -0.1) is 0 Å². The molecule has 25 heavy (non-hydrogen) atoms. The molecule has 3 amide bonds. The molecule has 0 fully saturated rings. The third-order valence-corrected chi connectivity index (χ3v) is 4.55. The van der Waals surface area contributed by atoms with Crippen LogP contribution in [0.15, 0.2) is 47.1 Å². The Bertz CT molecular complexity index is 727. The van der Waals surface area contributed by atoms with E-state index in [1.807, 2.05) is 12.1 Å². The van der Waals surface area contributed by atoms with Crippen molar-refractivity contribution in [3.05, 3.63) is 59.5 Å². The lowest BCUT2D eigenvalue weighted by Crippen LogP contribution is -2.43. The minimum Gasteiger partial charge on any atom is -0.467 e. The normalized spacial score (nSPS) is 18.9. The molecule has 1 aliphatic carbocycles. The number of hydrogen-bond acceptors (Lipinski definition) is 3. The molecule has 132 valence electrons. The standard InChI is InChI=1S/C19H23N3O3/c1-13-8-9-17(16-7-3-2-6-15(13)16)22-19(24)21-12-18(23)20-11-14-5-4-10-25-14/h2-7,10,13,17H,8-9,11-12H2,1H3,(H,20,23)(H2,21,22,24)/t13-,17+/m0/s1. The Morgan fingerprint density at radius 3 is 2.64 bits per heavy atom. The van der Waals surface area contributed by atoms with Crippen LogP contribution in [0.1, 0.15) is 48.6 Å². The van der Waals surface area contributed by atoms with E-state index < -0.39 is 0 Å². The van der Waals surface area contributed by atoms with Gasteiger partial charge in [-0.25, -0.2) is 4.79 Å². The predicted molar refractivity (Wildman–Crippen MR) is 93.9 cm³/mol. The Morgan fingerprint density at radius 2 is 1.88 bits per heavy atom. The highest BCUT2D eigenvalue weighted by Gasteiger charge is 2.25. The molecule has 1 heterocycles.